The summed E-state index contributed by atoms with van der Waals surface area (Å²) in [4.78, 5) is 16.9. The Hall–Kier alpha value is -2.85. The summed E-state index contributed by atoms with van der Waals surface area (Å²) in [6, 6.07) is 18.4. The van der Waals surface area contributed by atoms with Crippen LogP contribution in [0.1, 0.15) is 15.9 Å². The van der Waals surface area contributed by atoms with Gasteiger partial charge >= 0.3 is 0 Å². The Morgan fingerprint density at radius 2 is 1.75 bits per heavy atom. The first-order valence-electron chi connectivity index (χ1n) is 7.48. The van der Waals surface area contributed by atoms with Crippen molar-refractivity contribution in [1.29, 1.82) is 0 Å². The molecule has 2 aromatic carbocycles. The van der Waals surface area contributed by atoms with Gasteiger partial charge in [0, 0.05) is 11.9 Å². The number of nitrogens with one attached hydrogen (secondary N) is 2. The van der Waals surface area contributed by atoms with Crippen molar-refractivity contribution in [2.24, 2.45) is 0 Å². The maximum absolute atomic E-state index is 12.6. The van der Waals surface area contributed by atoms with E-state index in [4.69, 9.17) is 11.6 Å². The fourth-order valence-corrected chi connectivity index (χ4v) is 2.40. The minimum Gasteiger partial charge on any atom is -0.340 e. The van der Waals surface area contributed by atoms with Gasteiger partial charge in [0.15, 0.2) is 0 Å². The van der Waals surface area contributed by atoms with E-state index in [0.717, 1.165) is 5.69 Å². The molecule has 0 aliphatic rings. The van der Waals surface area contributed by atoms with E-state index < -0.39 is 0 Å². The summed E-state index contributed by atoms with van der Waals surface area (Å²) in [6.45, 7) is 2.02. The van der Waals surface area contributed by atoms with Crippen molar-refractivity contribution < 1.29 is 4.79 Å². The zero-order chi connectivity index (χ0) is 16.9. The van der Waals surface area contributed by atoms with Crippen LogP contribution in [0, 0.1) is 6.92 Å². The third kappa shape index (κ3) is 3.73. The molecular weight excluding hydrogens is 322 g/mol. The van der Waals surface area contributed by atoms with Crippen molar-refractivity contribution in [3.63, 3.8) is 0 Å². The highest BCUT2D eigenvalue weighted by Crippen LogP contribution is 2.23. The molecule has 0 unspecified atom stereocenters. The summed E-state index contributed by atoms with van der Waals surface area (Å²) in [6.07, 6.45) is 1.64. The van der Waals surface area contributed by atoms with Crippen molar-refractivity contribution in [3.8, 4) is 0 Å². The molecule has 4 nitrogen and oxygen atoms in total. The first kappa shape index (κ1) is 16.0. The second kappa shape index (κ2) is 7.15. The fourth-order valence-electron chi connectivity index (χ4n) is 2.21. The van der Waals surface area contributed by atoms with E-state index in [1.54, 1.807) is 30.5 Å². The number of hydrogen-bond acceptors (Lipinski definition) is 3. The molecule has 5 heteroatoms. The highest BCUT2D eigenvalue weighted by molar-refractivity contribution is 6.34. The molecule has 24 heavy (non-hydrogen) atoms. The van der Waals surface area contributed by atoms with Gasteiger partial charge in [0.05, 0.1) is 16.3 Å². The van der Waals surface area contributed by atoms with E-state index >= 15 is 0 Å². The normalized spacial score (nSPS) is 10.2. The molecule has 0 saturated carbocycles. The van der Waals surface area contributed by atoms with Gasteiger partial charge in [-0.25, -0.2) is 4.98 Å². The summed E-state index contributed by atoms with van der Waals surface area (Å²) in [5.74, 6) is 0.219. The molecule has 1 amide bonds. The summed E-state index contributed by atoms with van der Waals surface area (Å²) in [5.41, 5.74) is 3.04. The van der Waals surface area contributed by atoms with Gasteiger partial charge in [-0.15, -0.1) is 0 Å². The number of rotatable bonds is 4. The molecule has 1 heterocycles. The van der Waals surface area contributed by atoms with E-state index in [1.807, 2.05) is 43.3 Å². The van der Waals surface area contributed by atoms with Gasteiger partial charge in [0.1, 0.15) is 5.82 Å². The Balaban J connectivity index is 1.84. The van der Waals surface area contributed by atoms with Gasteiger partial charge in [-0.1, -0.05) is 41.4 Å². The number of carbonyl (C=O) groups is 1. The molecule has 0 aliphatic heterocycles. The highest BCUT2D eigenvalue weighted by atomic mass is 35.5. The van der Waals surface area contributed by atoms with Gasteiger partial charge in [0.2, 0.25) is 0 Å². The number of hydrogen-bond donors (Lipinski definition) is 2. The van der Waals surface area contributed by atoms with E-state index in [1.165, 1.54) is 5.56 Å². The standard InChI is InChI=1S/C19H16ClN3O/c1-13-8-10-14(11-9-13)22-18-15(5-4-12-21-18)19(24)23-17-7-3-2-6-16(17)20/h2-12H,1H3,(H,21,22)(H,23,24). The number of aromatic nitrogens is 1. The van der Waals surface area contributed by atoms with Gasteiger partial charge in [-0.2, -0.15) is 0 Å². The van der Waals surface area contributed by atoms with Crippen molar-refractivity contribution in [1.82, 2.24) is 4.98 Å². The van der Waals surface area contributed by atoms with Crippen molar-refractivity contribution >= 4 is 34.7 Å². The lowest BCUT2D eigenvalue weighted by Gasteiger charge is -2.12. The molecule has 0 radical (unpaired) electrons. The lowest BCUT2D eigenvalue weighted by atomic mass is 10.2. The number of anilines is 3. The van der Waals surface area contributed by atoms with Crippen LogP contribution in [0.25, 0.3) is 0 Å². The first-order valence-corrected chi connectivity index (χ1v) is 7.86. The zero-order valence-electron chi connectivity index (χ0n) is 13.1. The van der Waals surface area contributed by atoms with Crippen LogP contribution in [0.15, 0.2) is 66.9 Å². The maximum Gasteiger partial charge on any atom is 0.259 e. The quantitative estimate of drug-likeness (QED) is 0.701. The summed E-state index contributed by atoms with van der Waals surface area (Å²) >= 11 is 6.09. The second-order valence-electron chi connectivity index (χ2n) is 5.32. The summed E-state index contributed by atoms with van der Waals surface area (Å²) < 4.78 is 0. The maximum atomic E-state index is 12.6. The van der Waals surface area contributed by atoms with E-state index in [-0.39, 0.29) is 5.91 Å². The Bertz CT molecular complexity index is 862. The third-order valence-corrected chi connectivity index (χ3v) is 3.82. The largest absolute Gasteiger partial charge is 0.340 e. The number of carbonyl (C=O) groups excluding carboxylic acids is 1. The van der Waals surface area contributed by atoms with Gasteiger partial charge in [0.25, 0.3) is 5.91 Å². The van der Waals surface area contributed by atoms with Gasteiger partial charge in [-0.3, -0.25) is 4.79 Å². The van der Waals surface area contributed by atoms with Crippen LogP contribution in [0.3, 0.4) is 0 Å². The van der Waals surface area contributed by atoms with Crippen LogP contribution in [-0.4, -0.2) is 10.9 Å². The van der Waals surface area contributed by atoms with E-state index in [0.29, 0.717) is 22.1 Å². The minimum absolute atomic E-state index is 0.272. The Kier molecular flexibility index (Phi) is 4.77. The number of para-hydroxylation sites is 1. The summed E-state index contributed by atoms with van der Waals surface area (Å²) in [5, 5.41) is 6.48. The van der Waals surface area contributed by atoms with E-state index in [9.17, 15) is 4.79 Å². The molecule has 0 bridgehead atoms. The monoisotopic (exact) mass is 337 g/mol. The van der Waals surface area contributed by atoms with Crippen LogP contribution < -0.4 is 10.6 Å². The van der Waals surface area contributed by atoms with Gasteiger partial charge < -0.3 is 10.6 Å². The Labute approximate surface area is 145 Å². The Morgan fingerprint density at radius 3 is 2.50 bits per heavy atom. The second-order valence-corrected chi connectivity index (χ2v) is 5.73. The number of halogens is 1. The fraction of sp³-hybridized carbons (Fsp3) is 0.0526. The number of aryl methyl sites for hydroxylation is 1. The van der Waals surface area contributed by atoms with Crippen LogP contribution in [-0.2, 0) is 0 Å². The predicted molar refractivity (Wildman–Crippen MR) is 98.1 cm³/mol. The van der Waals surface area contributed by atoms with E-state index in [2.05, 4.69) is 15.6 Å². The molecule has 0 aliphatic carbocycles. The molecule has 120 valence electrons. The van der Waals surface area contributed by atoms with Crippen molar-refractivity contribution in [2.45, 2.75) is 6.92 Å². The molecule has 2 N–H and O–H groups in total. The molecule has 1 aromatic heterocycles. The van der Waals surface area contributed by atoms with Crippen LogP contribution >= 0.6 is 11.6 Å². The number of benzene rings is 2. The molecular formula is C19H16ClN3O. The number of amides is 1. The number of nitrogens with zero attached hydrogens (tertiary/aromatic N) is 1. The van der Waals surface area contributed by atoms with Crippen molar-refractivity contribution in [2.75, 3.05) is 10.6 Å². The molecule has 3 rings (SSSR count). The van der Waals surface area contributed by atoms with Crippen LogP contribution in [0.2, 0.25) is 5.02 Å². The average molecular weight is 338 g/mol. The summed E-state index contributed by atoms with van der Waals surface area (Å²) in [7, 11) is 0. The number of pyridine rings is 1. The molecule has 0 fully saturated rings. The molecule has 3 aromatic rings. The zero-order valence-corrected chi connectivity index (χ0v) is 13.8. The van der Waals surface area contributed by atoms with Crippen LogP contribution in [0.4, 0.5) is 17.2 Å². The van der Waals surface area contributed by atoms with Crippen LogP contribution in [0.5, 0.6) is 0 Å². The topological polar surface area (TPSA) is 54.0 Å². The lowest BCUT2D eigenvalue weighted by Crippen LogP contribution is -2.14. The smallest absolute Gasteiger partial charge is 0.259 e. The predicted octanol–water partition coefficient (Wildman–Crippen LogP) is 5.04. The average Bonchev–Trinajstić information content (AvgIpc) is 2.59. The molecule has 0 saturated heterocycles. The van der Waals surface area contributed by atoms with Crippen molar-refractivity contribution in [3.05, 3.63) is 83.0 Å². The lowest BCUT2D eigenvalue weighted by molar-refractivity contribution is 0.102. The third-order valence-electron chi connectivity index (χ3n) is 3.49. The highest BCUT2D eigenvalue weighted by Gasteiger charge is 2.13. The van der Waals surface area contributed by atoms with Gasteiger partial charge in [-0.05, 0) is 43.3 Å². The first-order chi connectivity index (χ1) is 11.6. The minimum atomic E-state index is -0.272. The molecule has 0 atom stereocenters. The molecule has 0 spiro atoms. The SMILES string of the molecule is Cc1ccc(Nc2ncccc2C(=O)Nc2ccccc2Cl)cc1. The Morgan fingerprint density at radius 1 is 1.00 bits per heavy atom.